The molecule has 2 fully saturated rings. The van der Waals surface area contributed by atoms with E-state index < -0.39 is 74.6 Å². The van der Waals surface area contributed by atoms with Crippen LogP contribution in [0.1, 0.15) is 26.1 Å². The molecule has 17 nitrogen and oxygen atoms in total. The summed E-state index contributed by atoms with van der Waals surface area (Å²) >= 11 is 3.40. The minimum atomic E-state index is -3.95. The lowest BCUT2D eigenvalue weighted by atomic mass is 10.1. The van der Waals surface area contributed by atoms with Gasteiger partial charge in [-0.1, -0.05) is 42.5 Å². The molecule has 2 aromatic carbocycles. The van der Waals surface area contributed by atoms with Crippen molar-refractivity contribution in [1.29, 1.82) is 0 Å². The van der Waals surface area contributed by atoms with Crippen LogP contribution in [0.3, 0.4) is 0 Å². The Kier molecular flexibility index (Phi) is 12.1. The molecule has 0 amide bonds. The first-order valence-electron chi connectivity index (χ1n) is 16.5. The predicted octanol–water partition coefficient (Wildman–Crippen LogP) is 3.97. The highest BCUT2D eigenvalue weighted by Crippen LogP contribution is 2.48. The first kappa shape index (κ1) is 38.3. The van der Waals surface area contributed by atoms with Crippen LogP contribution in [0.4, 0.5) is 11.4 Å². The second-order valence-corrected chi connectivity index (χ2v) is 14.6. The number of imidazole rings is 1. The molecule has 0 aliphatic carbocycles. The number of aliphatic hydroxyl groups is 1. The van der Waals surface area contributed by atoms with Gasteiger partial charge in [-0.15, -0.1) is 6.58 Å². The second kappa shape index (κ2) is 16.7. The molecule has 0 unspecified atom stereocenters. The molecule has 53 heavy (non-hydrogen) atoms. The number of benzene rings is 2. The monoisotopic (exact) mass is 816 g/mol. The quantitative estimate of drug-likeness (QED) is 0.0673. The smallest absolute Gasteiger partial charge is 0.391 e. The van der Waals surface area contributed by atoms with Crippen LogP contribution < -0.4 is 15.7 Å². The third kappa shape index (κ3) is 8.54. The number of nitrogens with zero attached hydrogens (tertiary/aromatic N) is 4. The van der Waals surface area contributed by atoms with Crippen molar-refractivity contribution in [2.45, 2.75) is 56.6 Å². The van der Waals surface area contributed by atoms with Crippen molar-refractivity contribution in [3.63, 3.8) is 0 Å². The summed E-state index contributed by atoms with van der Waals surface area (Å²) in [6.45, 7) is 5.50. The SMILES string of the molecule is C=CCO[C@H]1[C@H](n2cnc3c(nc(Br)n3[C@@H]3O[C@H](COP(=O)(Nc4ccccc4)Nc4ccccc4)[C@@H](OC(C)=O)[C@H]3OC(C)=O)c2=O)CO[C@@H]1CO. The molecule has 0 bridgehead atoms. The van der Waals surface area contributed by atoms with Crippen LogP contribution in [-0.2, 0) is 42.4 Å². The number of carbonyl (C=O) groups excluding carboxylic acids is 2. The van der Waals surface area contributed by atoms with Crippen molar-refractivity contribution in [3.05, 3.63) is 94.7 Å². The zero-order valence-corrected chi connectivity index (χ0v) is 31.1. The second-order valence-electron chi connectivity index (χ2n) is 12.1. The van der Waals surface area contributed by atoms with Gasteiger partial charge in [0, 0.05) is 25.2 Å². The van der Waals surface area contributed by atoms with E-state index in [1.807, 2.05) is 0 Å². The van der Waals surface area contributed by atoms with E-state index in [9.17, 15) is 24.1 Å². The van der Waals surface area contributed by atoms with Gasteiger partial charge in [0.25, 0.3) is 5.56 Å². The van der Waals surface area contributed by atoms with Crippen molar-refractivity contribution in [3.8, 4) is 0 Å². The summed E-state index contributed by atoms with van der Waals surface area (Å²) in [4.78, 5) is 47.8. The number of ether oxygens (including phenoxy) is 5. The van der Waals surface area contributed by atoms with E-state index >= 15 is 0 Å². The molecule has 3 N–H and O–H groups in total. The molecule has 6 rings (SSSR count). The van der Waals surface area contributed by atoms with Crippen molar-refractivity contribution < 1.29 is 47.5 Å². The number of anilines is 2. The van der Waals surface area contributed by atoms with E-state index in [2.05, 4.69) is 42.7 Å². The van der Waals surface area contributed by atoms with E-state index in [-0.39, 0.29) is 35.7 Å². The zero-order valence-electron chi connectivity index (χ0n) is 28.6. The number of aliphatic hydroxyl groups excluding tert-OH is 1. The number of carbonyl (C=O) groups is 2. The van der Waals surface area contributed by atoms with Crippen LogP contribution in [0.5, 0.6) is 0 Å². The Morgan fingerprint density at radius 1 is 1.02 bits per heavy atom. The Bertz CT molecular complexity index is 1990. The van der Waals surface area contributed by atoms with Crippen molar-refractivity contribution in [2.24, 2.45) is 0 Å². The van der Waals surface area contributed by atoms with Gasteiger partial charge in [0.15, 0.2) is 34.3 Å². The Morgan fingerprint density at radius 3 is 2.23 bits per heavy atom. The summed E-state index contributed by atoms with van der Waals surface area (Å²) in [5.74, 6) is -1.43. The van der Waals surface area contributed by atoms with Crippen LogP contribution in [-0.4, -0.2) is 93.1 Å². The number of aromatic nitrogens is 4. The fourth-order valence-corrected chi connectivity index (χ4v) is 8.27. The summed E-state index contributed by atoms with van der Waals surface area (Å²) < 4.78 is 52.4. The van der Waals surface area contributed by atoms with Crippen LogP contribution in [0.25, 0.3) is 11.2 Å². The highest BCUT2D eigenvalue weighted by Gasteiger charge is 2.52. The van der Waals surface area contributed by atoms with E-state index in [1.165, 1.54) is 29.3 Å². The standard InChI is InChI=1S/C34H38BrN6O11P/c1-4-15-47-28-24(17-48-25(28)16-42)40-19-36-31-27(32(40)45)37-34(35)41(31)33-30(51-21(3)44)29(50-20(2)43)26(52-33)18-49-53(46,38-22-11-7-5-8-12-22)39-23-13-9-6-10-14-23/h4-14,19,24-26,28-30,33,42H,1,15-18H2,2-3H3,(H2,38,39,46)/t24-,25-,26-,28+,29-,30-,33-/m1/s1. The van der Waals surface area contributed by atoms with Crippen LogP contribution in [0.15, 0.2) is 89.2 Å². The molecular weight excluding hydrogens is 779 g/mol. The van der Waals surface area contributed by atoms with Gasteiger partial charge in [0.1, 0.15) is 24.6 Å². The molecule has 0 radical (unpaired) electrons. The number of esters is 2. The van der Waals surface area contributed by atoms with Gasteiger partial charge in [0.2, 0.25) is 0 Å². The maximum atomic E-state index is 14.3. The number of para-hydroxylation sites is 2. The number of fused-ring (bicyclic) bond motifs is 1. The van der Waals surface area contributed by atoms with Gasteiger partial charge < -0.3 is 28.8 Å². The van der Waals surface area contributed by atoms with Gasteiger partial charge in [-0.05, 0) is 40.2 Å². The topological polar surface area (TPSA) is 204 Å². The van der Waals surface area contributed by atoms with Gasteiger partial charge >= 0.3 is 19.6 Å². The Morgan fingerprint density at radius 2 is 1.64 bits per heavy atom. The number of hydrogen-bond donors (Lipinski definition) is 3. The van der Waals surface area contributed by atoms with E-state index in [0.29, 0.717) is 11.4 Å². The molecule has 2 aliphatic rings. The minimum absolute atomic E-state index is 0.0479. The fourth-order valence-electron chi connectivity index (χ4n) is 6.21. The normalized spacial score (nSPS) is 24.2. The van der Waals surface area contributed by atoms with Crippen molar-refractivity contribution in [1.82, 2.24) is 19.1 Å². The number of rotatable bonds is 15. The first-order valence-corrected chi connectivity index (χ1v) is 18.9. The molecule has 0 spiro atoms. The van der Waals surface area contributed by atoms with E-state index in [4.69, 9.17) is 28.2 Å². The summed E-state index contributed by atoms with van der Waals surface area (Å²) in [6, 6.07) is 16.9. The van der Waals surface area contributed by atoms with Gasteiger partial charge in [-0.3, -0.25) is 38.2 Å². The molecule has 2 saturated heterocycles. The number of halogens is 1. The van der Waals surface area contributed by atoms with Gasteiger partial charge in [-0.2, -0.15) is 0 Å². The molecule has 4 heterocycles. The molecule has 2 aromatic heterocycles. The third-order valence-corrected chi connectivity index (χ3v) is 10.6. The lowest BCUT2D eigenvalue weighted by Crippen LogP contribution is -2.40. The molecule has 282 valence electrons. The van der Waals surface area contributed by atoms with Crippen LogP contribution >= 0.6 is 23.6 Å². The maximum absolute atomic E-state index is 14.3. The predicted molar refractivity (Wildman–Crippen MR) is 194 cm³/mol. The Balaban J connectivity index is 1.34. The lowest BCUT2D eigenvalue weighted by molar-refractivity contribution is -0.165. The zero-order chi connectivity index (χ0) is 37.7. The molecule has 0 saturated carbocycles. The average molecular weight is 818 g/mol. The largest absolute Gasteiger partial charge is 0.456 e. The maximum Gasteiger partial charge on any atom is 0.391 e. The molecule has 2 aliphatic heterocycles. The van der Waals surface area contributed by atoms with Gasteiger partial charge in [0.05, 0.1) is 32.5 Å². The highest BCUT2D eigenvalue weighted by molar-refractivity contribution is 9.10. The fraction of sp³-hybridized carbons (Fsp3) is 0.382. The number of nitrogens with one attached hydrogen (secondary N) is 2. The van der Waals surface area contributed by atoms with E-state index in [0.717, 1.165) is 0 Å². The molecule has 4 aromatic rings. The van der Waals surface area contributed by atoms with Crippen molar-refractivity contribution in [2.75, 3.05) is 36.6 Å². The lowest BCUT2D eigenvalue weighted by Gasteiger charge is -2.26. The summed E-state index contributed by atoms with van der Waals surface area (Å²) in [7, 11) is -3.95. The van der Waals surface area contributed by atoms with Crippen LogP contribution in [0.2, 0.25) is 0 Å². The van der Waals surface area contributed by atoms with Crippen LogP contribution in [0, 0.1) is 0 Å². The molecular formula is C34H38BrN6O11P. The first-order chi connectivity index (χ1) is 25.5. The average Bonchev–Trinajstić information content (AvgIpc) is 3.79. The summed E-state index contributed by atoms with van der Waals surface area (Å²) in [6.07, 6.45) is -3.49. The minimum Gasteiger partial charge on any atom is -0.456 e. The molecule has 7 atom stereocenters. The van der Waals surface area contributed by atoms with Gasteiger partial charge in [-0.25, -0.2) is 14.5 Å². The van der Waals surface area contributed by atoms with Crippen molar-refractivity contribution >= 4 is 58.1 Å². The summed E-state index contributed by atoms with van der Waals surface area (Å²) in [5, 5.41) is 15.7. The molecule has 19 heteroatoms. The highest BCUT2D eigenvalue weighted by atomic mass is 79.9. The Labute approximate surface area is 311 Å². The number of hydrogen-bond acceptors (Lipinski definition) is 13. The summed E-state index contributed by atoms with van der Waals surface area (Å²) in [5.41, 5.74) is 0.420. The third-order valence-electron chi connectivity index (χ3n) is 8.42. The Hall–Kier alpha value is -4.42. The van der Waals surface area contributed by atoms with E-state index in [1.54, 1.807) is 66.7 Å².